The second kappa shape index (κ2) is 6.49. The summed E-state index contributed by atoms with van der Waals surface area (Å²) in [6, 6.07) is 5.52. The van der Waals surface area contributed by atoms with Crippen LogP contribution < -0.4 is 10.6 Å². The van der Waals surface area contributed by atoms with Gasteiger partial charge in [-0.15, -0.1) is 11.8 Å². The predicted molar refractivity (Wildman–Crippen MR) is 78.4 cm³/mol. The third kappa shape index (κ3) is 3.46. The fraction of sp³-hybridized carbons (Fsp3) is 0.308. The summed E-state index contributed by atoms with van der Waals surface area (Å²) in [5.74, 6) is -1.52. The summed E-state index contributed by atoms with van der Waals surface area (Å²) in [5.41, 5.74) is 0.588. The van der Waals surface area contributed by atoms with Crippen molar-refractivity contribution in [1.29, 1.82) is 0 Å². The van der Waals surface area contributed by atoms with Gasteiger partial charge in [0, 0.05) is 11.4 Å². The van der Waals surface area contributed by atoms with Crippen LogP contribution in [0.25, 0.3) is 0 Å². The zero-order valence-electron chi connectivity index (χ0n) is 11.3. The second-order valence-corrected chi connectivity index (χ2v) is 5.26. The van der Waals surface area contributed by atoms with E-state index >= 15 is 0 Å². The van der Waals surface area contributed by atoms with Crippen LogP contribution in [-0.2, 0) is 9.59 Å². The first-order chi connectivity index (χ1) is 10.0. The summed E-state index contributed by atoms with van der Waals surface area (Å²) < 4.78 is 0. The Balaban J connectivity index is 2.17. The third-order valence-electron chi connectivity index (χ3n) is 3.08. The van der Waals surface area contributed by atoms with E-state index in [0.29, 0.717) is 5.69 Å². The maximum atomic E-state index is 12.3. The lowest BCUT2D eigenvalue weighted by Crippen LogP contribution is -2.60. The summed E-state index contributed by atoms with van der Waals surface area (Å²) in [6.45, 7) is -0.365. The molecule has 1 heterocycles. The quantitative estimate of drug-likeness (QED) is 0.718. The van der Waals surface area contributed by atoms with Crippen molar-refractivity contribution >= 4 is 35.4 Å². The van der Waals surface area contributed by atoms with Crippen molar-refractivity contribution in [2.24, 2.45) is 0 Å². The lowest BCUT2D eigenvalue weighted by atomic mass is 10.2. The number of amides is 3. The summed E-state index contributed by atoms with van der Waals surface area (Å²) in [6.07, 6.45) is 1.87. The first-order valence-corrected chi connectivity index (χ1v) is 7.45. The average molecular weight is 309 g/mol. The van der Waals surface area contributed by atoms with Gasteiger partial charge in [-0.05, 0) is 18.4 Å². The molecule has 1 aromatic rings. The van der Waals surface area contributed by atoms with Crippen LogP contribution in [0.2, 0.25) is 0 Å². The molecule has 1 saturated heterocycles. The molecular formula is C13H15N3O4S. The van der Waals surface area contributed by atoms with Gasteiger partial charge < -0.3 is 15.7 Å². The van der Waals surface area contributed by atoms with E-state index in [4.69, 9.17) is 5.11 Å². The van der Waals surface area contributed by atoms with Crippen LogP contribution in [0.5, 0.6) is 0 Å². The Bertz CT molecular complexity index is 578. The molecule has 0 aliphatic carbocycles. The minimum absolute atomic E-state index is 0.0915. The molecule has 0 radical (unpaired) electrons. The SMILES string of the molecule is CSc1ccccc1NC(=O)N1CC(=O)NCC1C(=O)O. The summed E-state index contributed by atoms with van der Waals surface area (Å²) in [7, 11) is 0. The van der Waals surface area contributed by atoms with E-state index in [9.17, 15) is 14.4 Å². The fourth-order valence-corrected chi connectivity index (χ4v) is 2.56. The molecule has 1 aliphatic heterocycles. The molecule has 0 aromatic heterocycles. The van der Waals surface area contributed by atoms with Crippen molar-refractivity contribution in [3.8, 4) is 0 Å². The molecule has 21 heavy (non-hydrogen) atoms. The van der Waals surface area contributed by atoms with Gasteiger partial charge in [-0.2, -0.15) is 0 Å². The van der Waals surface area contributed by atoms with E-state index in [1.165, 1.54) is 11.8 Å². The highest BCUT2D eigenvalue weighted by atomic mass is 32.2. The van der Waals surface area contributed by atoms with Gasteiger partial charge in [0.1, 0.15) is 12.6 Å². The van der Waals surface area contributed by atoms with Crippen LogP contribution in [0.1, 0.15) is 0 Å². The maximum absolute atomic E-state index is 12.3. The van der Waals surface area contributed by atoms with Crippen LogP contribution in [0.15, 0.2) is 29.2 Å². The highest BCUT2D eigenvalue weighted by Crippen LogP contribution is 2.25. The highest BCUT2D eigenvalue weighted by molar-refractivity contribution is 7.98. The molecule has 112 valence electrons. The maximum Gasteiger partial charge on any atom is 0.328 e. The number of thioether (sulfide) groups is 1. The Kier molecular flexibility index (Phi) is 4.69. The first-order valence-electron chi connectivity index (χ1n) is 6.23. The number of carbonyl (C=O) groups excluding carboxylic acids is 2. The Morgan fingerprint density at radius 3 is 2.81 bits per heavy atom. The zero-order valence-corrected chi connectivity index (χ0v) is 12.1. The molecule has 0 spiro atoms. The van der Waals surface area contributed by atoms with Crippen LogP contribution in [0.4, 0.5) is 10.5 Å². The smallest absolute Gasteiger partial charge is 0.328 e. The molecule has 3 N–H and O–H groups in total. The molecule has 3 amide bonds. The van der Waals surface area contributed by atoms with Crippen LogP contribution in [0.3, 0.4) is 0 Å². The monoisotopic (exact) mass is 309 g/mol. The standard InChI is InChI=1S/C13H15N3O4S/c1-21-10-5-3-2-4-8(10)15-13(20)16-7-11(17)14-6-9(16)12(18)19/h2-5,9H,6-7H2,1H3,(H,14,17)(H,15,20)(H,18,19). The number of nitrogens with one attached hydrogen (secondary N) is 2. The summed E-state index contributed by atoms with van der Waals surface area (Å²) >= 11 is 1.46. The van der Waals surface area contributed by atoms with E-state index in [2.05, 4.69) is 10.6 Å². The van der Waals surface area contributed by atoms with Crippen molar-refractivity contribution in [3.63, 3.8) is 0 Å². The average Bonchev–Trinajstić information content (AvgIpc) is 2.47. The van der Waals surface area contributed by atoms with Gasteiger partial charge in [0.15, 0.2) is 0 Å². The Labute approximate surface area is 125 Å². The van der Waals surface area contributed by atoms with Crippen molar-refractivity contribution in [1.82, 2.24) is 10.2 Å². The number of para-hydroxylation sites is 1. The molecule has 2 rings (SSSR count). The number of piperazine rings is 1. The van der Waals surface area contributed by atoms with Crippen molar-refractivity contribution in [2.45, 2.75) is 10.9 Å². The van der Waals surface area contributed by atoms with Crippen LogP contribution in [0, 0.1) is 0 Å². The van der Waals surface area contributed by atoms with Gasteiger partial charge in [-0.3, -0.25) is 9.69 Å². The van der Waals surface area contributed by atoms with Gasteiger partial charge >= 0.3 is 12.0 Å². The number of urea groups is 1. The van der Waals surface area contributed by atoms with Gasteiger partial charge in [-0.1, -0.05) is 12.1 Å². The number of hydrogen-bond acceptors (Lipinski definition) is 4. The molecule has 1 atom stereocenters. The number of benzene rings is 1. The van der Waals surface area contributed by atoms with E-state index < -0.39 is 18.0 Å². The van der Waals surface area contributed by atoms with E-state index in [1.54, 1.807) is 12.1 Å². The van der Waals surface area contributed by atoms with Crippen LogP contribution in [-0.4, -0.2) is 53.3 Å². The molecule has 1 aliphatic rings. The highest BCUT2D eigenvalue weighted by Gasteiger charge is 2.35. The Hall–Kier alpha value is -2.22. The summed E-state index contributed by atoms with van der Waals surface area (Å²) in [4.78, 5) is 36.7. The molecule has 7 nitrogen and oxygen atoms in total. The minimum Gasteiger partial charge on any atom is -0.480 e. The lowest BCUT2D eigenvalue weighted by Gasteiger charge is -2.32. The van der Waals surface area contributed by atoms with E-state index in [1.807, 2.05) is 18.4 Å². The number of carboxylic acids is 1. The molecule has 1 aromatic carbocycles. The number of aliphatic carboxylic acids is 1. The van der Waals surface area contributed by atoms with Gasteiger partial charge in [0.25, 0.3) is 0 Å². The molecule has 0 saturated carbocycles. The zero-order chi connectivity index (χ0) is 15.4. The molecule has 1 unspecified atom stereocenters. The number of carboxylic acid groups (broad SMARTS) is 1. The summed E-state index contributed by atoms with van der Waals surface area (Å²) in [5, 5.41) is 14.2. The van der Waals surface area contributed by atoms with E-state index in [0.717, 1.165) is 9.80 Å². The number of carbonyl (C=O) groups is 3. The van der Waals surface area contributed by atoms with E-state index in [-0.39, 0.29) is 19.0 Å². The molecule has 1 fully saturated rings. The molecule has 8 heteroatoms. The molecular weight excluding hydrogens is 294 g/mol. The minimum atomic E-state index is -1.15. The predicted octanol–water partition coefficient (Wildman–Crippen LogP) is 0.825. The number of rotatable bonds is 3. The first kappa shape index (κ1) is 15.2. The molecule has 0 bridgehead atoms. The second-order valence-electron chi connectivity index (χ2n) is 4.42. The normalized spacial score (nSPS) is 18.0. The number of hydrogen-bond donors (Lipinski definition) is 3. The van der Waals surface area contributed by atoms with Crippen molar-refractivity contribution in [2.75, 3.05) is 24.7 Å². The number of anilines is 1. The van der Waals surface area contributed by atoms with Gasteiger partial charge in [-0.25, -0.2) is 9.59 Å². The van der Waals surface area contributed by atoms with Crippen LogP contribution >= 0.6 is 11.8 Å². The van der Waals surface area contributed by atoms with Crippen molar-refractivity contribution in [3.05, 3.63) is 24.3 Å². The van der Waals surface area contributed by atoms with Gasteiger partial charge in [0.2, 0.25) is 5.91 Å². The van der Waals surface area contributed by atoms with Gasteiger partial charge in [0.05, 0.1) is 5.69 Å². The largest absolute Gasteiger partial charge is 0.480 e. The Morgan fingerprint density at radius 1 is 1.43 bits per heavy atom. The third-order valence-corrected chi connectivity index (χ3v) is 3.87. The lowest BCUT2D eigenvalue weighted by molar-refractivity contribution is -0.144. The fourth-order valence-electron chi connectivity index (χ4n) is 2.01. The topological polar surface area (TPSA) is 98.7 Å². The Morgan fingerprint density at radius 2 is 2.14 bits per heavy atom. The van der Waals surface area contributed by atoms with Crippen molar-refractivity contribution < 1.29 is 19.5 Å². The number of nitrogens with zero attached hydrogens (tertiary/aromatic N) is 1.